The molecule has 28 nitrogen and oxygen atoms in total. The molecule has 0 unspecified atom stereocenters. The van der Waals surface area contributed by atoms with Crippen LogP contribution in [0.4, 0.5) is 19.2 Å². The molecule has 0 aromatic carbocycles. The summed E-state index contributed by atoms with van der Waals surface area (Å²) in [5, 5.41) is 13.9. The third-order valence-corrected chi connectivity index (χ3v) is 29.6. The molecule has 4 saturated carbocycles. The molecule has 4 atom stereocenters. The zero-order valence-corrected chi connectivity index (χ0v) is 78.1. The van der Waals surface area contributed by atoms with E-state index in [9.17, 15) is 29.1 Å². The van der Waals surface area contributed by atoms with E-state index in [1.165, 1.54) is 42.6 Å². The maximum Gasteiger partial charge on any atom is 0.410 e. The normalized spacial score (nSPS) is 23.6. The SMILES string of the molecule is CC[C@H]1CCc2sc3ncnc(OC4CCC(N(C)C(=O)OC(C)(C)C)CC4)c3c21.CN(C(=O)OC(C)(C)C)C1CCC(Oc2ncnc3sc4c(c23)[C@@H](CC(N)=O)CC4)CC1.CN(C(=O)OC(C)(C)C)C1CCC(Oc2ncnc3sc4c(c23)[C@@H](CO)CC4)CC1.[C-]#[N+]C[C@H]1CCc2sc3ncnc(OC4CCC(N(C)C(=O)OC(C)(C)C)CC4)c3c21. The van der Waals surface area contributed by atoms with Crippen LogP contribution in [-0.4, -0.2) is 207 Å². The van der Waals surface area contributed by atoms with E-state index < -0.39 is 22.4 Å². The average molecular weight is 1770 g/mol. The first-order chi connectivity index (χ1) is 58.4. The van der Waals surface area contributed by atoms with Crippen molar-refractivity contribution in [1.82, 2.24) is 59.5 Å². The van der Waals surface area contributed by atoms with Crippen LogP contribution in [-0.2, 0) is 49.4 Å². The Kier molecular flexibility index (Phi) is 29.2. The fourth-order valence-corrected chi connectivity index (χ4v) is 23.5. The van der Waals surface area contributed by atoms with Gasteiger partial charge in [-0.15, -0.1) is 45.3 Å². The summed E-state index contributed by atoms with van der Waals surface area (Å²) in [6.45, 7) is 32.8. The third kappa shape index (κ3) is 22.4. The standard InChI is InChI=1S/C23H32N4O4S.C23H30N4O3S.C23H33N3O3S.C22H31N3O4S/c1-23(2,3)31-22(29)27(4)14-6-8-15(9-7-14)30-20-19-18-13(11-17(24)28)5-10-16(18)32-21(19)26-12-25-20;1-23(2,3)30-22(28)27(5)15-7-9-16(10-8-15)29-20-19-18-14(12-24-4)6-11-17(18)31-21(19)26-13-25-20;1-6-14-7-12-17-18(14)19-20(24-13-25-21(19)30-17)28-16-10-8-15(9-11-16)26(5)22(27)29-23(2,3)4;1-22(2,3)29-21(27)25(4)14-6-8-15(9-7-14)28-19-18-17-13(11-26)5-10-16(17)30-20(18)24-12-23-19/h12-15H,5-11H2,1-4H3,(H2,24,28);13-16H,6-12H2,1-3,5H3;13-16H,6-12H2,1-5H3;12-15,26H,5-11H2,1-4H3/t13-,14?,15?;2*14-,15?,16?;13-,14?,15?/m1101/s1. The van der Waals surface area contributed by atoms with Crippen LogP contribution < -0.4 is 24.7 Å². The quantitative estimate of drug-likeness (QED) is 0.0632. The van der Waals surface area contributed by atoms with Gasteiger partial charge in [0.15, 0.2) is 0 Å². The molecule has 0 spiro atoms. The van der Waals surface area contributed by atoms with E-state index in [-0.39, 0.29) is 103 Å². The molecular formula is C91H126N14O14S4. The van der Waals surface area contributed by atoms with Crippen molar-refractivity contribution in [1.29, 1.82) is 0 Å². The van der Waals surface area contributed by atoms with Crippen molar-refractivity contribution in [3.8, 4) is 23.5 Å². The Bertz CT molecular complexity index is 4930. The first-order valence-electron chi connectivity index (χ1n) is 44.2. The number of aromatic nitrogens is 8. The van der Waals surface area contributed by atoms with Crippen LogP contribution in [0.25, 0.3) is 45.7 Å². The molecule has 32 heteroatoms. The van der Waals surface area contributed by atoms with Gasteiger partial charge >= 0.3 is 24.4 Å². The molecule has 3 N–H and O–H groups in total. The van der Waals surface area contributed by atoms with E-state index in [4.69, 9.17) is 50.2 Å². The van der Waals surface area contributed by atoms with E-state index >= 15 is 0 Å². The lowest BCUT2D eigenvalue weighted by atomic mass is 9.92. The van der Waals surface area contributed by atoms with Crippen molar-refractivity contribution in [3.05, 3.63) is 78.5 Å². The molecule has 123 heavy (non-hydrogen) atoms. The van der Waals surface area contributed by atoms with Gasteiger partial charge in [0.1, 0.15) is 91.5 Å². The van der Waals surface area contributed by atoms with Crippen LogP contribution in [0.15, 0.2) is 25.3 Å². The third-order valence-electron chi connectivity index (χ3n) is 24.9. The van der Waals surface area contributed by atoms with Gasteiger partial charge in [-0.25, -0.2) is 65.6 Å². The van der Waals surface area contributed by atoms with Crippen LogP contribution >= 0.6 is 45.3 Å². The molecule has 8 aliphatic rings. The molecule has 4 fully saturated rings. The predicted molar refractivity (Wildman–Crippen MR) is 479 cm³/mol. The Morgan fingerprint density at radius 1 is 0.390 bits per heavy atom. The molecule has 8 aromatic rings. The number of thiophene rings is 4. The number of ether oxygens (including phenoxy) is 8. The van der Waals surface area contributed by atoms with E-state index in [1.54, 1.807) is 97.3 Å². The summed E-state index contributed by atoms with van der Waals surface area (Å²) in [4.78, 5) is 117. The summed E-state index contributed by atoms with van der Waals surface area (Å²) in [5.41, 5.74) is 8.55. The molecular weight excluding hydrogens is 1640 g/mol. The smallest absolute Gasteiger partial charge is 0.410 e. The van der Waals surface area contributed by atoms with Crippen LogP contribution in [0.1, 0.15) is 297 Å². The highest BCUT2D eigenvalue weighted by molar-refractivity contribution is 7.20. The second kappa shape index (κ2) is 39.1. The summed E-state index contributed by atoms with van der Waals surface area (Å²) in [5.74, 6) is 3.49. The summed E-state index contributed by atoms with van der Waals surface area (Å²) in [6, 6.07) is 0.656. The minimum Gasteiger partial charge on any atom is -0.474 e. The highest BCUT2D eigenvalue weighted by Crippen LogP contribution is 2.52. The van der Waals surface area contributed by atoms with Gasteiger partial charge in [-0.1, -0.05) is 6.92 Å². The molecule has 0 radical (unpaired) electrons. The van der Waals surface area contributed by atoms with Gasteiger partial charge < -0.3 is 73.2 Å². The first-order valence-corrected chi connectivity index (χ1v) is 47.5. The van der Waals surface area contributed by atoms with Crippen molar-refractivity contribution < 1.29 is 67.0 Å². The number of primary amides is 1. The van der Waals surface area contributed by atoms with Gasteiger partial charge in [0, 0.05) is 84.2 Å². The molecule has 0 bridgehead atoms. The summed E-state index contributed by atoms with van der Waals surface area (Å²) in [7, 11) is 7.28. The fraction of sp³-hybridized carbons (Fsp3) is 0.670. The van der Waals surface area contributed by atoms with Crippen LogP contribution in [0, 0.1) is 6.57 Å². The highest BCUT2D eigenvalue weighted by atomic mass is 32.1. The van der Waals surface area contributed by atoms with Crippen molar-refractivity contribution in [2.24, 2.45) is 5.73 Å². The molecule has 0 saturated heterocycles. The number of carbonyl (C=O) groups is 5. The molecule has 668 valence electrons. The lowest BCUT2D eigenvalue weighted by Gasteiger charge is -2.35. The number of hydrogen-bond donors (Lipinski definition) is 2. The highest BCUT2D eigenvalue weighted by Gasteiger charge is 2.41. The Morgan fingerprint density at radius 3 is 0.886 bits per heavy atom. The van der Waals surface area contributed by atoms with E-state index in [2.05, 4.69) is 51.6 Å². The second-order valence-corrected chi connectivity index (χ2v) is 42.6. The minimum absolute atomic E-state index is 0.0305. The van der Waals surface area contributed by atoms with Crippen molar-refractivity contribution >= 4 is 116 Å². The number of nitrogens with zero attached hydrogens (tertiary/aromatic N) is 13. The van der Waals surface area contributed by atoms with Crippen LogP contribution in [0.3, 0.4) is 0 Å². The molecule has 16 rings (SSSR count). The van der Waals surface area contributed by atoms with Gasteiger partial charge in [-0.2, -0.15) is 0 Å². The number of aryl methyl sites for hydroxylation is 4. The average Bonchev–Trinajstić information content (AvgIpc) is 1.62. The lowest BCUT2D eigenvalue weighted by molar-refractivity contribution is -0.118. The number of amides is 5. The maximum atomic E-state index is 12.4. The molecule has 5 amide bonds. The molecule has 8 aliphatic carbocycles. The number of rotatable bonds is 17. The van der Waals surface area contributed by atoms with Crippen molar-refractivity contribution in [2.45, 2.75) is 352 Å². The monoisotopic (exact) mass is 1770 g/mol. The molecule has 0 aliphatic heterocycles. The van der Waals surface area contributed by atoms with Crippen molar-refractivity contribution in [3.63, 3.8) is 0 Å². The zero-order chi connectivity index (χ0) is 88.1. The van der Waals surface area contributed by atoms with Crippen LogP contribution in [0.2, 0.25) is 0 Å². The molecule has 8 heterocycles. The Morgan fingerprint density at radius 2 is 0.634 bits per heavy atom. The van der Waals surface area contributed by atoms with Gasteiger partial charge in [0.25, 0.3) is 0 Å². The number of aliphatic hydroxyl groups is 1. The second-order valence-electron chi connectivity index (χ2n) is 38.3. The lowest BCUT2D eigenvalue weighted by Crippen LogP contribution is -2.43. The summed E-state index contributed by atoms with van der Waals surface area (Å²) in [6.07, 6.45) is 29.2. The largest absolute Gasteiger partial charge is 0.474 e. The number of aliphatic hydroxyl groups excluding tert-OH is 1. The number of carbonyl (C=O) groups excluding carboxylic acids is 5. The van der Waals surface area contributed by atoms with E-state index in [0.29, 0.717) is 36.5 Å². The van der Waals surface area contributed by atoms with Crippen molar-refractivity contribution in [2.75, 3.05) is 41.3 Å². The van der Waals surface area contributed by atoms with Gasteiger partial charge in [-0.3, -0.25) is 4.79 Å². The number of nitrogens with two attached hydrogens (primary N) is 1. The predicted octanol–water partition coefficient (Wildman–Crippen LogP) is 19.3. The zero-order valence-electron chi connectivity index (χ0n) is 74.8. The maximum absolute atomic E-state index is 12.4. The van der Waals surface area contributed by atoms with E-state index in [1.807, 2.05) is 104 Å². The molecule has 8 aromatic heterocycles. The Labute approximate surface area is 739 Å². The first kappa shape index (κ1) is 92.0. The topological polar surface area (TPSA) is 326 Å². The number of hydrogen-bond acceptors (Lipinski definition) is 26. The Hall–Kier alpha value is -8.64. The van der Waals surface area contributed by atoms with Gasteiger partial charge in [0.2, 0.25) is 36.0 Å². The summed E-state index contributed by atoms with van der Waals surface area (Å²) >= 11 is 6.87. The minimum atomic E-state index is -0.503. The number of fused-ring (bicyclic) bond motifs is 12. The van der Waals surface area contributed by atoms with Gasteiger partial charge in [-0.05, 0) is 278 Å². The Balaban J connectivity index is 0.000000141. The van der Waals surface area contributed by atoms with Gasteiger partial charge in [0.05, 0.1) is 34.1 Å². The van der Waals surface area contributed by atoms with Crippen LogP contribution in [0.5, 0.6) is 23.5 Å². The van der Waals surface area contributed by atoms with E-state index in [0.717, 1.165) is 206 Å². The fourth-order valence-electron chi connectivity index (χ4n) is 18.6. The summed E-state index contributed by atoms with van der Waals surface area (Å²) < 4.78 is 47.6.